The Morgan fingerprint density at radius 3 is 3.00 bits per heavy atom. The molecule has 2 aromatic rings. The van der Waals surface area contributed by atoms with Crippen molar-refractivity contribution in [3.05, 3.63) is 47.8 Å². The third-order valence-corrected chi connectivity index (χ3v) is 2.80. The lowest BCUT2D eigenvalue weighted by molar-refractivity contribution is 0.0944. The number of nitrogens with zero attached hydrogens (tertiary/aromatic N) is 2. The molecule has 0 unspecified atom stereocenters. The topological polar surface area (TPSA) is 76.4 Å². The summed E-state index contributed by atoms with van der Waals surface area (Å²) in [4.78, 5) is 11.8. The summed E-state index contributed by atoms with van der Waals surface area (Å²) < 4.78 is 7.37. The van der Waals surface area contributed by atoms with E-state index in [-0.39, 0.29) is 19.1 Å². The predicted octanol–water partition coefficient (Wildman–Crippen LogP) is 0.721. The minimum atomic E-state index is -0.231. The van der Waals surface area contributed by atoms with Crippen molar-refractivity contribution in [2.45, 2.75) is 6.61 Å². The first-order valence-corrected chi connectivity index (χ1v) is 6.29. The van der Waals surface area contributed by atoms with Crippen molar-refractivity contribution in [3.8, 4) is 5.75 Å². The maximum atomic E-state index is 11.8. The van der Waals surface area contributed by atoms with Gasteiger partial charge in [-0.2, -0.15) is 5.10 Å². The molecule has 106 valence electrons. The maximum absolute atomic E-state index is 11.8. The molecular weight excluding hydrogens is 258 g/mol. The van der Waals surface area contributed by atoms with Crippen molar-refractivity contribution in [2.75, 3.05) is 13.2 Å². The number of aryl methyl sites for hydroxylation is 1. The first kappa shape index (κ1) is 14.1. The van der Waals surface area contributed by atoms with Crippen LogP contribution in [0, 0.1) is 0 Å². The predicted molar refractivity (Wildman–Crippen MR) is 73.4 cm³/mol. The third-order valence-electron chi connectivity index (χ3n) is 2.80. The van der Waals surface area contributed by atoms with E-state index in [4.69, 9.17) is 9.84 Å². The summed E-state index contributed by atoms with van der Waals surface area (Å²) in [5.74, 6) is 0.382. The van der Waals surface area contributed by atoms with Gasteiger partial charge in [-0.25, -0.2) is 0 Å². The van der Waals surface area contributed by atoms with E-state index in [9.17, 15) is 4.79 Å². The van der Waals surface area contributed by atoms with Crippen molar-refractivity contribution in [3.63, 3.8) is 0 Å². The highest BCUT2D eigenvalue weighted by Gasteiger charge is 2.06. The quantitative estimate of drug-likeness (QED) is 0.814. The van der Waals surface area contributed by atoms with Gasteiger partial charge in [-0.15, -0.1) is 0 Å². The zero-order chi connectivity index (χ0) is 14.4. The van der Waals surface area contributed by atoms with Crippen LogP contribution in [0.4, 0.5) is 0 Å². The molecule has 1 aromatic carbocycles. The molecule has 0 atom stereocenters. The van der Waals surface area contributed by atoms with Gasteiger partial charge in [0.05, 0.1) is 12.3 Å². The van der Waals surface area contributed by atoms with Gasteiger partial charge < -0.3 is 15.2 Å². The van der Waals surface area contributed by atoms with Gasteiger partial charge in [-0.05, 0) is 24.3 Å². The van der Waals surface area contributed by atoms with E-state index in [1.165, 1.54) is 0 Å². The number of aromatic nitrogens is 2. The molecule has 2 rings (SSSR count). The second kappa shape index (κ2) is 6.72. The van der Waals surface area contributed by atoms with Gasteiger partial charge in [-0.1, -0.05) is 6.07 Å². The van der Waals surface area contributed by atoms with Gasteiger partial charge in [-0.3, -0.25) is 9.48 Å². The van der Waals surface area contributed by atoms with Crippen LogP contribution in [0.1, 0.15) is 16.1 Å². The number of carbonyl (C=O) groups excluding carboxylic acids is 1. The molecule has 0 aliphatic heterocycles. The van der Waals surface area contributed by atoms with Gasteiger partial charge in [0.15, 0.2) is 0 Å². The first-order chi connectivity index (χ1) is 9.70. The molecule has 6 heteroatoms. The van der Waals surface area contributed by atoms with E-state index in [1.807, 2.05) is 13.1 Å². The van der Waals surface area contributed by atoms with Crippen molar-refractivity contribution in [1.82, 2.24) is 15.1 Å². The largest absolute Gasteiger partial charge is 0.487 e. The van der Waals surface area contributed by atoms with Crippen LogP contribution in [-0.2, 0) is 13.7 Å². The molecule has 20 heavy (non-hydrogen) atoms. The number of aliphatic hydroxyl groups excluding tert-OH is 1. The number of amides is 1. The summed E-state index contributed by atoms with van der Waals surface area (Å²) in [5.41, 5.74) is 1.45. The van der Waals surface area contributed by atoms with E-state index in [0.717, 1.165) is 5.69 Å². The smallest absolute Gasteiger partial charge is 0.251 e. The van der Waals surface area contributed by atoms with Gasteiger partial charge in [0.25, 0.3) is 5.91 Å². The van der Waals surface area contributed by atoms with Crippen molar-refractivity contribution < 1.29 is 14.6 Å². The number of hydrogen-bond acceptors (Lipinski definition) is 4. The second-order valence-electron chi connectivity index (χ2n) is 4.24. The van der Waals surface area contributed by atoms with Crippen LogP contribution in [-0.4, -0.2) is 33.9 Å². The van der Waals surface area contributed by atoms with Crippen LogP contribution in [0.5, 0.6) is 5.75 Å². The van der Waals surface area contributed by atoms with Gasteiger partial charge in [0, 0.05) is 25.4 Å². The fourth-order valence-electron chi connectivity index (χ4n) is 1.70. The monoisotopic (exact) mass is 275 g/mol. The highest BCUT2D eigenvalue weighted by atomic mass is 16.5. The fourth-order valence-corrected chi connectivity index (χ4v) is 1.70. The van der Waals surface area contributed by atoms with E-state index in [0.29, 0.717) is 17.9 Å². The lowest BCUT2D eigenvalue weighted by atomic mass is 10.2. The summed E-state index contributed by atoms with van der Waals surface area (Å²) >= 11 is 0. The molecule has 2 N–H and O–H groups in total. The average Bonchev–Trinajstić information content (AvgIpc) is 2.88. The lowest BCUT2D eigenvalue weighted by Crippen LogP contribution is -2.26. The Morgan fingerprint density at radius 2 is 2.30 bits per heavy atom. The van der Waals surface area contributed by atoms with Crippen molar-refractivity contribution in [2.24, 2.45) is 7.05 Å². The van der Waals surface area contributed by atoms with E-state index in [2.05, 4.69) is 10.4 Å². The number of carbonyl (C=O) groups is 1. The third kappa shape index (κ3) is 3.58. The van der Waals surface area contributed by atoms with E-state index >= 15 is 0 Å². The number of aliphatic hydroxyl groups is 1. The first-order valence-electron chi connectivity index (χ1n) is 6.29. The zero-order valence-electron chi connectivity index (χ0n) is 11.2. The molecule has 6 nitrogen and oxygen atoms in total. The summed E-state index contributed by atoms with van der Waals surface area (Å²) in [6.45, 7) is 0.541. The summed E-state index contributed by atoms with van der Waals surface area (Å²) in [7, 11) is 1.84. The van der Waals surface area contributed by atoms with Crippen LogP contribution < -0.4 is 10.1 Å². The van der Waals surface area contributed by atoms with Crippen LogP contribution in [0.2, 0.25) is 0 Å². The molecule has 0 saturated heterocycles. The van der Waals surface area contributed by atoms with Gasteiger partial charge >= 0.3 is 0 Å². The molecule has 1 amide bonds. The summed E-state index contributed by atoms with van der Waals surface area (Å²) in [6, 6.07) is 8.79. The minimum absolute atomic E-state index is 0.0809. The number of ether oxygens (including phenoxy) is 1. The molecule has 0 fully saturated rings. The van der Waals surface area contributed by atoms with Crippen LogP contribution in [0.15, 0.2) is 36.5 Å². The molecule has 0 aliphatic carbocycles. The maximum Gasteiger partial charge on any atom is 0.251 e. The highest BCUT2D eigenvalue weighted by molar-refractivity contribution is 5.94. The SMILES string of the molecule is Cn1nccc1COc1cccc(C(=O)NCCO)c1. The molecule has 0 bridgehead atoms. The molecule has 0 radical (unpaired) electrons. The van der Waals surface area contributed by atoms with Gasteiger partial charge in [0.2, 0.25) is 0 Å². The Morgan fingerprint density at radius 1 is 1.45 bits per heavy atom. The van der Waals surface area contributed by atoms with E-state index < -0.39 is 0 Å². The zero-order valence-corrected chi connectivity index (χ0v) is 11.2. The lowest BCUT2D eigenvalue weighted by Gasteiger charge is -2.08. The standard InChI is InChI=1S/C14H17N3O3/c1-17-12(5-6-16-17)10-20-13-4-2-3-11(9-13)14(19)15-7-8-18/h2-6,9,18H,7-8,10H2,1H3,(H,15,19). The molecular formula is C14H17N3O3. The highest BCUT2D eigenvalue weighted by Crippen LogP contribution is 2.15. The number of nitrogens with one attached hydrogen (secondary N) is 1. The molecule has 0 aliphatic rings. The Bertz CT molecular complexity index is 581. The van der Waals surface area contributed by atoms with Crippen molar-refractivity contribution >= 4 is 5.91 Å². The Balaban J connectivity index is 1.99. The molecule has 1 aromatic heterocycles. The number of rotatable bonds is 6. The summed E-state index contributed by atoms with van der Waals surface area (Å²) in [6.07, 6.45) is 1.71. The van der Waals surface area contributed by atoms with Gasteiger partial charge in [0.1, 0.15) is 12.4 Å². The Kier molecular flexibility index (Phi) is 4.73. The number of benzene rings is 1. The van der Waals surface area contributed by atoms with Crippen LogP contribution in [0.3, 0.4) is 0 Å². The normalized spacial score (nSPS) is 10.3. The molecule has 1 heterocycles. The second-order valence-corrected chi connectivity index (χ2v) is 4.24. The summed E-state index contributed by atoms with van der Waals surface area (Å²) in [5, 5.41) is 15.3. The Labute approximate surface area is 117 Å². The number of hydrogen-bond donors (Lipinski definition) is 2. The molecule has 0 spiro atoms. The van der Waals surface area contributed by atoms with Crippen molar-refractivity contribution in [1.29, 1.82) is 0 Å². The Hall–Kier alpha value is -2.34. The molecule has 0 saturated carbocycles. The minimum Gasteiger partial charge on any atom is -0.487 e. The van der Waals surface area contributed by atoms with Crippen LogP contribution >= 0.6 is 0 Å². The van der Waals surface area contributed by atoms with E-state index in [1.54, 1.807) is 35.1 Å². The van der Waals surface area contributed by atoms with Crippen LogP contribution in [0.25, 0.3) is 0 Å². The fraction of sp³-hybridized carbons (Fsp3) is 0.286. The average molecular weight is 275 g/mol.